The molecule has 2 amide bonds. The van der Waals surface area contributed by atoms with Gasteiger partial charge in [-0.3, -0.25) is 9.59 Å². The normalized spacial score (nSPS) is 11.6. The third-order valence-electron chi connectivity index (χ3n) is 5.15. The van der Waals surface area contributed by atoms with Gasteiger partial charge < -0.3 is 10.2 Å². The summed E-state index contributed by atoms with van der Waals surface area (Å²) in [6.45, 7) is 4.56. The summed E-state index contributed by atoms with van der Waals surface area (Å²) in [7, 11) is 0. The zero-order valence-electron chi connectivity index (χ0n) is 17.8. The second-order valence-corrected chi connectivity index (χ2v) is 7.95. The molecule has 1 N–H and O–H groups in total. The standard InChI is InChI=1S/C26H27ClN2O2/c1-3-24(30)29(18-21-13-15-23(27)16-14-21)25(22-7-5-4-6-8-22)26(31)28-17-20-11-9-19(2)10-12-20/h4-16,25H,3,17-18H2,1-2H3,(H,28,31)/t25-/m1/s1. The van der Waals surface area contributed by atoms with Gasteiger partial charge in [-0.25, -0.2) is 0 Å². The van der Waals surface area contributed by atoms with E-state index in [2.05, 4.69) is 5.32 Å². The molecule has 31 heavy (non-hydrogen) atoms. The molecule has 0 unspecified atom stereocenters. The van der Waals surface area contributed by atoms with Crippen LogP contribution >= 0.6 is 11.6 Å². The molecular weight excluding hydrogens is 408 g/mol. The Bertz CT molecular complexity index is 1000. The van der Waals surface area contributed by atoms with Crippen LogP contribution in [-0.2, 0) is 22.7 Å². The lowest BCUT2D eigenvalue weighted by molar-refractivity contribution is -0.141. The monoisotopic (exact) mass is 434 g/mol. The fourth-order valence-electron chi connectivity index (χ4n) is 3.41. The van der Waals surface area contributed by atoms with E-state index < -0.39 is 6.04 Å². The van der Waals surface area contributed by atoms with Crippen LogP contribution in [0.2, 0.25) is 5.02 Å². The molecule has 0 aliphatic heterocycles. The van der Waals surface area contributed by atoms with Crippen LogP contribution in [0.4, 0.5) is 0 Å². The third kappa shape index (κ3) is 6.19. The highest BCUT2D eigenvalue weighted by molar-refractivity contribution is 6.30. The van der Waals surface area contributed by atoms with Crippen molar-refractivity contribution in [3.8, 4) is 0 Å². The van der Waals surface area contributed by atoms with Crippen molar-refractivity contribution in [3.63, 3.8) is 0 Å². The molecule has 0 heterocycles. The van der Waals surface area contributed by atoms with Crippen LogP contribution in [0, 0.1) is 6.92 Å². The maximum Gasteiger partial charge on any atom is 0.247 e. The molecule has 3 aromatic carbocycles. The highest BCUT2D eigenvalue weighted by atomic mass is 35.5. The van der Waals surface area contributed by atoms with E-state index in [1.165, 1.54) is 5.56 Å². The first kappa shape index (κ1) is 22.6. The van der Waals surface area contributed by atoms with E-state index in [9.17, 15) is 9.59 Å². The van der Waals surface area contributed by atoms with Gasteiger partial charge in [0.1, 0.15) is 6.04 Å². The molecule has 1 atom stereocenters. The van der Waals surface area contributed by atoms with Crippen LogP contribution in [0.5, 0.6) is 0 Å². The van der Waals surface area contributed by atoms with Crippen LogP contribution in [0.25, 0.3) is 0 Å². The van der Waals surface area contributed by atoms with Gasteiger partial charge in [-0.2, -0.15) is 0 Å². The number of carbonyl (C=O) groups excluding carboxylic acids is 2. The van der Waals surface area contributed by atoms with Crippen molar-refractivity contribution in [2.45, 2.75) is 39.4 Å². The summed E-state index contributed by atoms with van der Waals surface area (Å²) in [5, 5.41) is 3.65. The van der Waals surface area contributed by atoms with Gasteiger partial charge in [0, 0.05) is 24.5 Å². The minimum absolute atomic E-state index is 0.0886. The Kier molecular flexibility index (Phi) is 7.85. The van der Waals surface area contributed by atoms with E-state index in [0.717, 1.165) is 16.7 Å². The summed E-state index contributed by atoms with van der Waals surface area (Å²) in [5.74, 6) is -0.295. The third-order valence-corrected chi connectivity index (χ3v) is 5.40. The fraction of sp³-hybridized carbons (Fsp3) is 0.231. The van der Waals surface area contributed by atoms with E-state index in [-0.39, 0.29) is 11.8 Å². The molecule has 0 aliphatic carbocycles. The lowest BCUT2D eigenvalue weighted by atomic mass is 10.0. The molecule has 3 aromatic rings. The number of hydrogen-bond acceptors (Lipinski definition) is 2. The van der Waals surface area contributed by atoms with Crippen molar-refractivity contribution in [1.29, 1.82) is 0 Å². The smallest absolute Gasteiger partial charge is 0.247 e. The van der Waals surface area contributed by atoms with Crippen molar-refractivity contribution in [3.05, 3.63) is 106 Å². The SMILES string of the molecule is CCC(=O)N(Cc1ccc(Cl)cc1)[C@@H](C(=O)NCc1ccc(C)cc1)c1ccccc1. The quantitative estimate of drug-likeness (QED) is 0.512. The largest absolute Gasteiger partial charge is 0.350 e. The molecule has 0 fully saturated rings. The lowest BCUT2D eigenvalue weighted by Gasteiger charge is -2.31. The molecule has 0 saturated carbocycles. The second-order valence-electron chi connectivity index (χ2n) is 7.52. The van der Waals surface area contributed by atoms with Gasteiger partial charge in [-0.15, -0.1) is 0 Å². The molecule has 0 spiro atoms. The predicted molar refractivity (Wildman–Crippen MR) is 125 cm³/mol. The van der Waals surface area contributed by atoms with Crippen molar-refractivity contribution >= 4 is 23.4 Å². The van der Waals surface area contributed by atoms with E-state index in [4.69, 9.17) is 11.6 Å². The number of nitrogens with one attached hydrogen (secondary N) is 1. The minimum atomic E-state index is -0.727. The molecule has 0 radical (unpaired) electrons. The summed E-state index contributed by atoms with van der Waals surface area (Å²) in [6, 6.07) is 24.1. The van der Waals surface area contributed by atoms with Crippen LogP contribution < -0.4 is 5.32 Å². The summed E-state index contributed by atoms with van der Waals surface area (Å²) >= 11 is 6.01. The Balaban J connectivity index is 1.88. The van der Waals surface area contributed by atoms with Gasteiger partial charge in [0.2, 0.25) is 11.8 Å². The van der Waals surface area contributed by atoms with Crippen molar-refractivity contribution in [2.24, 2.45) is 0 Å². The van der Waals surface area contributed by atoms with Crippen LogP contribution in [0.3, 0.4) is 0 Å². The maximum atomic E-state index is 13.4. The molecule has 160 valence electrons. The Hall–Kier alpha value is -3.11. The Morgan fingerprint density at radius 1 is 0.903 bits per heavy atom. The summed E-state index contributed by atoms with van der Waals surface area (Å²) < 4.78 is 0. The van der Waals surface area contributed by atoms with Crippen LogP contribution in [-0.4, -0.2) is 16.7 Å². The second kappa shape index (κ2) is 10.8. The van der Waals surface area contributed by atoms with Gasteiger partial charge >= 0.3 is 0 Å². The maximum absolute atomic E-state index is 13.4. The summed E-state index contributed by atoms with van der Waals surface area (Å²) in [5.41, 5.74) is 3.87. The zero-order valence-corrected chi connectivity index (χ0v) is 18.6. The minimum Gasteiger partial charge on any atom is -0.350 e. The number of nitrogens with zero attached hydrogens (tertiary/aromatic N) is 1. The van der Waals surface area contributed by atoms with E-state index in [1.54, 1.807) is 17.0 Å². The summed E-state index contributed by atoms with van der Waals surface area (Å²) in [6.07, 6.45) is 0.308. The first-order chi connectivity index (χ1) is 15.0. The molecule has 0 saturated heterocycles. The number of amides is 2. The summed E-state index contributed by atoms with van der Waals surface area (Å²) in [4.78, 5) is 27.9. The number of rotatable bonds is 8. The predicted octanol–water partition coefficient (Wildman–Crippen LogP) is 5.44. The number of carbonyl (C=O) groups is 2. The van der Waals surface area contributed by atoms with Crippen molar-refractivity contribution < 1.29 is 9.59 Å². The van der Waals surface area contributed by atoms with Crippen molar-refractivity contribution in [1.82, 2.24) is 10.2 Å². The van der Waals surface area contributed by atoms with Gasteiger partial charge in [-0.1, -0.05) is 90.8 Å². The molecule has 0 bridgehead atoms. The van der Waals surface area contributed by atoms with E-state index in [0.29, 0.717) is 24.5 Å². The fourth-order valence-corrected chi connectivity index (χ4v) is 3.54. The molecule has 3 rings (SSSR count). The first-order valence-corrected chi connectivity index (χ1v) is 10.8. The van der Waals surface area contributed by atoms with Gasteiger partial charge in [0.15, 0.2) is 0 Å². The molecule has 5 heteroatoms. The number of benzene rings is 3. The highest BCUT2D eigenvalue weighted by Crippen LogP contribution is 2.25. The average molecular weight is 435 g/mol. The highest BCUT2D eigenvalue weighted by Gasteiger charge is 2.30. The van der Waals surface area contributed by atoms with Gasteiger partial charge in [0.05, 0.1) is 0 Å². The topological polar surface area (TPSA) is 49.4 Å². The molecular formula is C26H27ClN2O2. The lowest BCUT2D eigenvalue weighted by Crippen LogP contribution is -2.43. The molecule has 0 aromatic heterocycles. The first-order valence-electron chi connectivity index (χ1n) is 10.4. The Labute approximate surface area is 188 Å². The van der Waals surface area contributed by atoms with E-state index >= 15 is 0 Å². The number of hydrogen-bond donors (Lipinski definition) is 1. The Morgan fingerprint density at radius 3 is 2.13 bits per heavy atom. The van der Waals surface area contributed by atoms with Crippen LogP contribution in [0.15, 0.2) is 78.9 Å². The Morgan fingerprint density at radius 2 is 1.52 bits per heavy atom. The van der Waals surface area contributed by atoms with Gasteiger partial charge in [0.25, 0.3) is 0 Å². The zero-order chi connectivity index (χ0) is 22.2. The van der Waals surface area contributed by atoms with Gasteiger partial charge in [-0.05, 0) is 35.7 Å². The average Bonchev–Trinajstić information content (AvgIpc) is 2.79. The number of halogens is 1. The van der Waals surface area contributed by atoms with Crippen molar-refractivity contribution in [2.75, 3.05) is 0 Å². The number of aryl methyl sites for hydroxylation is 1. The molecule has 0 aliphatic rings. The van der Waals surface area contributed by atoms with E-state index in [1.807, 2.05) is 80.6 Å². The molecule has 4 nitrogen and oxygen atoms in total. The van der Waals surface area contributed by atoms with Crippen LogP contribution in [0.1, 0.15) is 41.6 Å².